The van der Waals surface area contributed by atoms with Crippen LogP contribution in [-0.2, 0) is 25.0 Å². The largest absolute Gasteiger partial charge is 1.00 e. The number of pyridine rings is 1. The van der Waals surface area contributed by atoms with E-state index in [2.05, 4.69) is 75.7 Å². The minimum Gasteiger partial charge on any atom is -1.00 e. The molecule has 0 saturated carbocycles. The van der Waals surface area contributed by atoms with Crippen molar-refractivity contribution >= 4 is 5.91 Å². The Morgan fingerprint density at radius 2 is 1.28 bits per heavy atom. The van der Waals surface area contributed by atoms with Gasteiger partial charge >= 0.3 is 0 Å². The maximum atomic E-state index is 13.8. The van der Waals surface area contributed by atoms with E-state index >= 15 is 0 Å². The Hall–Kier alpha value is -2.41. The quantitative estimate of drug-likeness (QED) is 0.0593. The van der Waals surface area contributed by atoms with Crippen molar-refractivity contribution in [2.24, 2.45) is 0 Å². The summed E-state index contributed by atoms with van der Waals surface area (Å²) in [6.07, 6.45) is 21.1. The van der Waals surface area contributed by atoms with Crippen molar-refractivity contribution in [1.82, 2.24) is 4.90 Å². The Bertz CT molecular complexity index is 1270. The van der Waals surface area contributed by atoms with Crippen molar-refractivity contribution in [2.45, 2.75) is 150 Å². The van der Waals surface area contributed by atoms with E-state index in [-0.39, 0.29) is 35.3 Å². The average molecular weight is 755 g/mol. The first kappa shape index (κ1) is 40.8. The molecule has 1 amide bonds. The molecule has 1 heterocycles. The number of halogens is 1. The second-order valence-corrected chi connectivity index (χ2v) is 14.0. The molecule has 0 aliphatic carbocycles. The SMILES string of the molecule is CCCCCCCCCCCCCCCCOc1ccc(CN(Cc2cccc[n+]2CC)C(=O)c2ccccc2)cc1C(C)(C)C.[I-]. The van der Waals surface area contributed by atoms with E-state index in [9.17, 15) is 4.79 Å². The molecule has 0 aliphatic heterocycles. The number of carbonyl (C=O) groups excluding carboxylic acids is 1. The average Bonchev–Trinajstić information content (AvgIpc) is 3.06. The third kappa shape index (κ3) is 15.1. The van der Waals surface area contributed by atoms with Gasteiger partial charge in [0.1, 0.15) is 18.8 Å². The molecule has 0 saturated heterocycles. The minimum absolute atomic E-state index is 0. The zero-order chi connectivity index (χ0) is 33.0. The van der Waals surface area contributed by atoms with Crippen LogP contribution in [0.4, 0.5) is 0 Å². The van der Waals surface area contributed by atoms with Crippen LogP contribution in [0.3, 0.4) is 0 Å². The molecule has 1 aromatic heterocycles. The molecule has 0 unspecified atom stereocenters. The first-order valence-corrected chi connectivity index (χ1v) is 18.4. The van der Waals surface area contributed by atoms with Gasteiger partial charge in [0.15, 0.2) is 6.20 Å². The number of carbonyl (C=O) groups is 1. The monoisotopic (exact) mass is 754 g/mol. The van der Waals surface area contributed by atoms with Gasteiger partial charge in [-0.2, -0.15) is 0 Å². The first-order chi connectivity index (χ1) is 22.3. The third-order valence-corrected chi connectivity index (χ3v) is 9.02. The highest BCUT2D eigenvalue weighted by atomic mass is 127. The number of nitrogens with zero attached hydrogens (tertiary/aromatic N) is 2. The summed E-state index contributed by atoms with van der Waals surface area (Å²) >= 11 is 0. The fourth-order valence-corrected chi connectivity index (χ4v) is 6.21. The lowest BCUT2D eigenvalue weighted by Crippen LogP contribution is -3.00. The number of benzene rings is 2. The van der Waals surface area contributed by atoms with Crippen LogP contribution in [0.5, 0.6) is 5.75 Å². The highest BCUT2D eigenvalue weighted by Gasteiger charge is 2.24. The van der Waals surface area contributed by atoms with Crippen molar-refractivity contribution < 1.29 is 38.1 Å². The van der Waals surface area contributed by atoms with Gasteiger partial charge in [-0.15, -0.1) is 0 Å². The summed E-state index contributed by atoms with van der Waals surface area (Å²) in [5, 5.41) is 0. The lowest BCUT2D eigenvalue weighted by molar-refractivity contribution is -0.701. The molecule has 0 atom stereocenters. The zero-order valence-corrected chi connectivity index (χ0v) is 32.4. The van der Waals surface area contributed by atoms with E-state index in [4.69, 9.17) is 4.74 Å². The highest BCUT2D eigenvalue weighted by Crippen LogP contribution is 2.33. The summed E-state index contributed by atoms with van der Waals surface area (Å²) in [6, 6.07) is 22.4. The summed E-state index contributed by atoms with van der Waals surface area (Å²) in [7, 11) is 0. The smallest absolute Gasteiger partial charge is 0.254 e. The lowest BCUT2D eigenvalue weighted by Gasteiger charge is -2.26. The molecule has 5 heteroatoms. The predicted octanol–water partition coefficient (Wildman–Crippen LogP) is 8.00. The van der Waals surface area contributed by atoms with Gasteiger partial charge in [0.05, 0.1) is 6.61 Å². The molecule has 0 fully saturated rings. The van der Waals surface area contributed by atoms with Crippen LogP contribution in [0.25, 0.3) is 0 Å². The lowest BCUT2D eigenvalue weighted by atomic mass is 9.85. The molecular weight excluding hydrogens is 691 g/mol. The topological polar surface area (TPSA) is 33.4 Å². The van der Waals surface area contributed by atoms with Crippen LogP contribution in [0, 0.1) is 0 Å². The molecule has 0 N–H and O–H groups in total. The number of rotatable bonds is 22. The number of ether oxygens (including phenoxy) is 1. The van der Waals surface area contributed by atoms with Crippen molar-refractivity contribution in [1.29, 1.82) is 0 Å². The second-order valence-electron chi connectivity index (χ2n) is 14.0. The van der Waals surface area contributed by atoms with E-state index in [0.29, 0.717) is 18.7 Å². The van der Waals surface area contributed by atoms with Crippen molar-refractivity contribution in [3.63, 3.8) is 0 Å². The number of unbranched alkanes of at least 4 members (excludes halogenated alkanes) is 13. The number of hydrogen-bond acceptors (Lipinski definition) is 2. The van der Waals surface area contributed by atoms with Gasteiger partial charge < -0.3 is 33.6 Å². The zero-order valence-electron chi connectivity index (χ0n) is 30.2. The van der Waals surface area contributed by atoms with Crippen LogP contribution in [0.1, 0.15) is 152 Å². The molecule has 0 spiro atoms. The van der Waals surface area contributed by atoms with Crippen molar-refractivity contribution in [2.75, 3.05) is 6.61 Å². The van der Waals surface area contributed by atoms with Gasteiger partial charge in [-0.25, -0.2) is 4.57 Å². The normalized spacial score (nSPS) is 11.3. The maximum absolute atomic E-state index is 13.8. The molecule has 4 nitrogen and oxygen atoms in total. The summed E-state index contributed by atoms with van der Waals surface area (Å²) in [4.78, 5) is 15.7. The van der Waals surface area contributed by atoms with Gasteiger partial charge in [-0.1, -0.05) is 141 Å². The van der Waals surface area contributed by atoms with Crippen molar-refractivity contribution in [3.05, 3.63) is 95.3 Å². The Labute approximate surface area is 304 Å². The number of aryl methyl sites for hydroxylation is 1. The van der Waals surface area contributed by atoms with Crippen LogP contribution >= 0.6 is 0 Å². The summed E-state index contributed by atoms with van der Waals surface area (Å²) < 4.78 is 8.60. The van der Waals surface area contributed by atoms with Gasteiger partial charge in [-0.3, -0.25) is 4.79 Å². The Kier molecular flexibility index (Phi) is 20.0. The molecule has 3 rings (SSSR count). The van der Waals surface area contributed by atoms with Crippen LogP contribution in [0.15, 0.2) is 72.9 Å². The van der Waals surface area contributed by atoms with Crippen LogP contribution in [0.2, 0.25) is 0 Å². The predicted molar refractivity (Wildman–Crippen MR) is 193 cm³/mol. The van der Waals surface area contributed by atoms with Gasteiger partial charge in [0, 0.05) is 24.2 Å². The molecule has 47 heavy (non-hydrogen) atoms. The first-order valence-electron chi connectivity index (χ1n) is 18.4. The van der Waals surface area contributed by atoms with E-state index < -0.39 is 0 Å². The standard InChI is InChI=1S/C42H63N2O2.HI/c1-6-8-9-10-11-12-13-14-15-16-17-18-19-25-32-46-40-30-29-36(33-39(40)42(3,4)5)34-44(41(45)37-26-21-20-22-27-37)35-38-28-23-24-31-43(38)7-2;/h20-24,26-31,33H,6-19,25,32,34-35H2,1-5H3;1H/q+1;/p-1. The molecule has 0 bridgehead atoms. The fraction of sp³-hybridized carbons (Fsp3) is 0.571. The van der Waals surface area contributed by atoms with Gasteiger partial charge in [0.25, 0.3) is 5.91 Å². The van der Waals surface area contributed by atoms with E-state index in [0.717, 1.165) is 36.6 Å². The molecule has 0 radical (unpaired) electrons. The fourth-order valence-electron chi connectivity index (χ4n) is 6.21. The minimum atomic E-state index is -0.0697. The summed E-state index contributed by atoms with van der Waals surface area (Å²) in [6.45, 7) is 13.9. The molecule has 2 aromatic carbocycles. The maximum Gasteiger partial charge on any atom is 0.254 e. The highest BCUT2D eigenvalue weighted by molar-refractivity contribution is 5.94. The van der Waals surface area contributed by atoms with Gasteiger partial charge in [0.2, 0.25) is 5.69 Å². The molecule has 0 aliphatic rings. The van der Waals surface area contributed by atoms with E-state index in [1.54, 1.807) is 0 Å². The summed E-state index contributed by atoms with van der Waals surface area (Å²) in [5.41, 5.74) is 4.09. The Balaban J connectivity index is 0.00000768. The van der Waals surface area contributed by atoms with Crippen molar-refractivity contribution in [3.8, 4) is 5.75 Å². The number of amides is 1. The molecular formula is C42H63IN2O2. The number of aromatic nitrogens is 1. The molecule has 260 valence electrons. The summed E-state index contributed by atoms with van der Waals surface area (Å²) in [5.74, 6) is 1.02. The van der Waals surface area contributed by atoms with Gasteiger partial charge in [-0.05, 0) is 54.2 Å². The number of hydrogen-bond donors (Lipinski definition) is 0. The Morgan fingerprint density at radius 3 is 1.85 bits per heavy atom. The molecule has 3 aromatic rings. The van der Waals surface area contributed by atoms with E-state index in [1.807, 2.05) is 41.3 Å². The van der Waals surface area contributed by atoms with Crippen LogP contribution < -0.4 is 33.3 Å². The second kappa shape index (κ2) is 23.0. The Morgan fingerprint density at radius 1 is 0.702 bits per heavy atom. The third-order valence-electron chi connectivity index (χ3n) is 9.02. The van der Waals surface area contributed by atoms with Crippen LogP contribution in [-0.4, -0.2) is 17.4 Å². The van der Waals surface area contributed by atoms with E-state index in [1.165, 1.54) is 89.0 Å².